The van der Waals surface area contributed by atoms with Crippen LogP contribution in [0.25, 0.3) is 0 Å². The number of hydrogen-bond acceptors (Lipinski definition) is 4. The first-order valence-corrected chi connectivity index (χ1v) is 10.1. The van der Waals surface area contributed by atoms with Crippen LogP contribution in [0.2, 0.25) is 0 Å². The molecule has 0 aromatic rings. The number of nitrogens with zero attached hydrogens (tertiary/aromatic N) is 2. The van der Waals surface area contributed by atoms with Crippen molar-refractivity contribution >= 4 is 12.0 Å². The Kier molecular flexibility index (Phi) is 4.65. The summed E-state index contributed by atoms with van der Waals surface area (Å²) >= 11 is 0. The van der Waals surface area contributed by atoms with Crippen molar-refractivity contribution in [2.75, 3.05) is 26.2 Å². The Hall–Kier alpha value is -1.30. The van der Waals surface area contributed by atoms with Gasteiger partial charge in [0.1, 0.15) is 0 Å². The lowest BCUT2D eigenvalue weighted by Gasteiger charge is -2.42. The van der Waals surface area contributed by atoms with E-state index in [2.05, 4.69) is 17.1 Å². The number of carbonyl (C=O) groups excluding carboxylic acids is 2. The molecule has 6 heteroatoms. The van der Waals surface area contributed by atoms with Crippen LogP contribution in [-0.4, -0.2) is 66.2 Å². The van der Waals surface area contributed by atoms with Crippen LogP contribution < -0.4 is 5.32 Å². The van der Waals surface area contributed by atoms with Gasteiger partial charge in [0.25, 0.3) is 0 Å². The maximum absolute atomic E-state index is 12.2. The molecule has 4 unspecified atom stereocenters. The summed E-state index contributed by atoms with van der Waals surface area (Å²) < 4.78 is 5.25. The summed E-state index contributed by atoms with van der Waals surface area (Å²) in [6, 6.07) is 1.28. The van der Waals surface area contributed by atoms with E-state index in [0.717, 1.165) is 51.7 Å². The quantitative estimate of drug-likeness (QED) is 0.823. The molecule has 3 heterocycles. The van der Waals surface area contributed by atoms with Crippen molar-refractivity contribution in [3.63, 3.8) is 0 Å². The monoisotopic (exact) mass is 349 g/mol. The van der Waals surface area contributed by atoms with Crippen molar-refractivity contribution in [1.29, 1.82) is 0 Å². The molecule has 4 rings (SSSR count). The van der Waals surface area contributed by atoms with Gasteiger partial charge in [-0.1, -0.05) is 6.92 Å². The van der Waals surface area contributed by atoms with Crippen LogP contribution in [0.4, 0.5) is 4.79 Å². The van der Waals surface area contributed by atoms with Crippen molar-refractivity contribution < 1.29 is 14.3 Å². The Morgan fingerprint density at radius 2 is 1.68 bits per heavy atom. The maximum atomic E-state index is 12.2. The molecule has 2 amide bonds. The molecule has 0 aromatic carbocycles. The van der Waals surface area contributed by atoms with Gasteiger partial charge in [0.2, 0.25) is 5.91 Å². The van der Waals surface area contributed by atoms with Gasteiger partial charge in [0.05, 0.1) is 6.61 Å². The molecule has 4 fully saturated rings. The highest BCUT2D eigenvalue weighted by atomic mass is 16.6. The summed E-state index contributed by atoms with van der Waals surface area (Å²) in [5.74, 6) is 1.67. The molecule has 1 saturated carbocycles. The topological polar surface area (TPSA) is 61.9 Å². The summed E-state index contributed by atoms with van der Waals surface area (Å²) in [4.78, 5) is 29.0. The van der Waals surface area contributed by atoms with Gasteiger partial charge in [0.15, 0.2) is 0 Å². The fraction of sp³-hybridized carbons (Fsp3) is 0.895. The molecule has 3 saturated heterocycles. The number of rotatable bonds is 5. The van der Waals surface area contributed by atoms with Crippen LogP contribution in [-0.2, 0) is 9.53 Å². The first-order chi connectivity index (χ1) is 12.1. The summed E-state index contributed by atoms with van der Waals surface area (Å²) in [6.07, 6.45) is 5.25. The van der Waals surface area contributed by atoms with Crippen molar-refractivity contribution in [3.8, 4) is 0 Å². The van der Waals surface area contributed by atoms with Crippen LogP contribution in [0.3, 0.4) is 0 Å². The Balaban J connectivity index is 1.29. The Morgan fingerprint density at radius 3 is 2.24 bits per heavy atom. The van der Waals surface area contributed by atoms with Crippen LogP contribution in [0, 0.1) is 17.8 Å². The molecule has 0 radical (unpaired) electrons. The van der Waals surface area contributed by atoms with Gasteiger partial charge in [-0.25, -0.2) is 4.79 Å². The summed E-state index contributed by atoms with van der Waals surface area (Å²) in [6.45, 7) is 7.35. The smallest absolute Gasteiger partial charge is 0.410 e. The highest BCUT2D eigenvalue weighted by Crippen LogP contribution is 2.53. The predicted octanol–water partition coefficient (Wildman–Crippen LogP) is 1.84. The summed E-state index contributed by atoms with van der Waals surface area (Å²) in [5.41, 5.74) is 0. The zero-order chi connectivity index (χ0) is 17.6. The number of ether oxygens (including phenoxy) is 1. The SMILES string of the molecule is CCCNC(=O)C1C2CN(C3CC4CCC(C3)N4C(=O)OCC)CC21. The average molecular weight is 349 g/mol. The normalized spacial score (nSPS) is 39.2. The minimum atomic E-state index is -0.120. The molecule has 4 aliphatic rings. The molecule has 6 nitrogen and oxygen atoms in total. The van der Waals surface area contributed by atoms with E-state index >= 15 is 0 Å². The van der Waals surface area contributed by atoms with E-state index < -0.39 is 0 Å². The van der Waals surface area contributed by atoms with Gasteiger partial charge in [-0.15, -0.1) is 0 Å². The minimum Gasteiger partial charge on any atom is -0.450 e. The van der Waals surface area contributed by atoms with E-state index in [1.165, 1.54) is 0 Å². The number of likely N-dealkylation sites (tertiary alicyclic amines) is 1. The van der Waals surface area contributed by atoms with E-state index in [4.69, 9.17) is 4.74 Å². The van der Waals surface area contributed by atoms with Gasteiger partial charge in [0, 0.05) is 43.7 Å². The van der Waals surface area contributed by atoms with E-state index in [1.807, 2.05) is 11.8 Å². The first kappa shape index (κ1) is 17.1. The Labute approximate surface area is 150 Å². The lowest BCUT2D eigenvalue weighted by Crippen LogP contribution is -2.52. The fourth-order valence-electron chi connectivity index (χ4n) is 5.55. The number of nitrogens with one attached hydrogen (secondary N) is 1. The van der Waals surface area contributed by atoms with E-state index in [9.17, 15) is 9.59 Å². The predicted molar refractivity (Wildman–Crippen MR) is 94.0 cm³/mol. The highest BCUT2D eigenvalue weighted by molar-refractivity contribution is 5.82. The second-order valence-corrected chi connectivity index (χ2v) is 8.21. The molecule has 25 heavy (non-hydrogen) atoms. The largest absolute Gasteiger partial charge is 0.450 e. The number of amides is 2. The number of carbonyl (C=O) groups is 2. The molecule has 140 valence electrons. The van der Waals surface area contributed by atoms with Crippen LogP contribution >= 0.6 is 0 Å². The molecule has 0 aromatic heterocycles. The third-order valence-electron chi connectivity index (χ3n) is 6.78. The number of fused-ring (bicyclic) bond motifs is 3. The van der Waals surface area contributed by atoms with Crippen LogP contribution in [0.5, 0.6) is 0 Å². The minimum absolute atomic E-state index is 0.120. The van der Waals surface area contributed by atoms with E-state index in [0.29, 0.717) is 36.6 Å². The van der Waals surface area contributed by atoms with E-state index in [-0.39, 0.29) is 17.9 Å². The standard InChI is InChI=1S/C19H31N3O3/c1-3-7-20-18(23)17-15-10-21(11-16(15)17)14-8-12-5-6-13(9-14)22(12)19(24)25-4-2/h12-17H,3-11H2,1-2H3,(H,20,23). The van der Waals surface area contributed by atoms with Gasteiger partial charge in [-0.2, -0.15) is 0 Å². The number of hydrogen-bond donors (Lipinski definition) is 1. The van der Waals surface area contributed by atoms with Gasteiger partial charge in [-0.3, -0.25) is 9.69 Å². The summed E-state index contributed by atoms with van der Waals surface area (Å²) in [7, 11) is 0. The third kappa shape index (κ3) is 3.03. The Bertz CT molecular complexity index is 514. The lowest BCUT2D eigenvalue weighted by atomic mass is 9.96. The molecule has 2 bridgehead atoms. The average Bonchev–Trinajstić information content (AvgIpc) is 2.97. The molecular weight excluding hydrogens is 318 g/mol. The van der Waals surface area contributed by atoms with Gasteiger partial charge in [-0.05, 0) is 50.9 Å². The van der Waals surface area contributed by atoms with Crippen molar-refractivity contribution in [1.82, 2.24) is 15.1 Å². The maximum Gasteiger partial charge on any atom is 0.410 e. The molecule has 1 N–H and O–H groups in total. The highest BCUT2D eigenvalue weighted by Gasteiger charge is 2.60. The third-order valence-corrected chi connectivity index (χ3v) is 6.78. The van der Waals surface area contributed by atoms with Gasteiger partial charge >= 0.3 is 6.09 Å². The lowest BCUT2D eigenvalue weighted by molar-refractivity contribution is -0.123. The molecule has 0 spiro atoms. The van der Waals surface area contributed by atoms with E-state index in [1.54, 1.807) is 0 Å². The first-order valence-electron chi connectivity index (χ1n) is 10.1. The number of piperidine rings is 2. The van der Waals surface area contributed by atoms with Crippen molar-refractivity contribution in [2.45, 2.75) is 64.1 Å². The summed E-state index contributed by atoms with van der Waals surface area (Å²) in [5, 5.41) is 3.06. The molecule has 3 aliphatic heterocycles. The fourth-order valence-corrected chi connectivity index (χ4v) is 5.55. The van der Waals surface area contributed by atoms with Gasteiger partial charge < -0.3 is 15.0 Å². The molecule has 4 atom stereocenters. The Morgan fingerprint density at radius 1 is 1.04 bits per heavy atom. The second kappa shape index (κ2) is 6.78. The van der Waals surface area contributed by atoms with Crippen molar-refractivity contribution in [2.24, 2.45) is 17.8 Å². The zero-order valence-electron chi connectivity index (χ0n) is 15.4. The van der Waals surface area contributed by atoms with Crippen LogP contribution in [0.15, 0.2) is 0 Å². The van der Waals surface area contributed by atoms with Crippen LogP contribution in [0.1, 0.15) is 46.0 Å². The second-order valence-electron chi connectivity index (χ2n) is 8.21. The molecule has 1 aliphatic carbocycles. The molecular formula is C19H31N3O3. The zero-order valence-corrected chi connectivity index (χ0v) is 15.4. The van der Waals surface area contributed by atoms with Crippen molar-refractivity contribution in [3.05, 3.63) is 0 Å².